The van der Waals surface area contributed by atoms with Crippen molar-refractivity contribution in [3.63, 3.8) is 0 Å². The summed E-state index contributed by atoms with van der Waals surface area (Å²) in [5.41, 5.74) is 1.41. The fraction of sp³-hybridized carbons (Fsp3) is 0.647. The van der Waals surface area contributed by atoms with Crippen LogP contribution in [0.25, 0.3) is 0 Å². The molecule has 2 heterocycles. The van der Waals surface area contributed by atoms with Gasteiger partial charge in [0.15, 0.2) is 5.82 Å². The molecule has 1 aliphatic heterocycles. The summed E-state index contributed by atoms with van der Waals surface area (Å²) in [6.45, 7) is 6.49. The Balaban J connectivity index is 1.70. The summed E-state index contributed by atoms with van der Waals surface area (Å²) in [5.74, 6) is 2.36. The van der Waals surface area contributed by atoms with Gasteiger partial charge in [-0.3, -0.25) is 15.0 Å². The molecule has 1 saturated heterocycles. The van der Waals surface area contributed by atoms with Crippen LogP contribution in [0.4, 0.5) is 0 Å². The van der Waals surface area contributed by atoms with Gasteiger partial charge in [-0.1, -0.05) is 6.42 Å². The van der Waals surface area contributed by atoms with Crippen LogP contribution in [-0.2, 0) is 12.3 Å². The van der Waals surface area contributed by atoms with Crippen molar-refractivity contribution in [2.75, 3.05) is 32.4 Å². The number of aryl methyl sites for hydroxylation is 1. The summed E-state index contributed by atoms with van der Waals surface area (Å²) in [4.78, 5) is 15.5. The van der Waals surface area contributed by atoms with Gasteiger partial charge in [0.2, 0.25) is 0 Å². The lowest BCUT2D eigenvalue weighted by Crippen LogP contribution is -2.28. The highest BCUT2D eigenvalue weighted by Gasteiger charge is 2.13. The van der Waals surface area contributed by atoms with Crippen molar-refractivity contribution in [2.24, 2.45) is 0 Å². The molecule has 0 bridgehead atoms. The lowest BCUT2D eigenvalue weighted by atomic mass is 10.1. The first-order valence-electron chi connectivity index (χ1n) is 8.73. The second kappa shape index (κ2) is 10.7. The third-order valence-corrected chi connectivity index (χ3v) is 6.61. The van der Waals surface area contributed by atoms with Gasteiger partial charge in [0.1, 0.15) is 0 Å². The zero-order chi connectivity index (χ0) is 18.1. The molecule has 0 aliphatic carbocycles. The van der Waals surface area contributed by atoms with Crippen molar-refractivity contribution in [1.29, 1.82) is 0 Å². The molecule has 0 saturated carbocycles. The summed E-state index contributed by atoms with van der Waals surface area (Å²) in [7, 11) is 1.67. The molecular formula is C17H28N4O2S2. The molecule has 0 atom stereocenters. The zero-order valence-electron chi connectivity index (χ0n) is 15.0. The SMILES string of the molecule is CN/C(=C\[N+](=O)[O-])NCCSCc1cc(C)c(CN2CCCCC2)s1. The maximum atomic E-state index is 10.5. The first-order chi connectivity index (χ1) is 12.1. The first kappa shape index (κ1) is 20.1. The fourth-order valence-corrected chi connectivity index (χ4v) is 5.05. The summed E-state index contributed by atoms with van der Waals surface area (Å²) in [6, 6.07) is 2.32. The number of thioether (sulfide) groups is 1. The number of nitrogens with zero attached hydrogens (tertiary/aromatic N) is 2. The predicted molar refractivity (Wildman–Crippen MR) is 106 cm³/mol. The van der Waals surface area contributed by atoms with E-state index in [4.69, 9.17) is 0 Å². The lowest BCUT2D eigenvalue weighted by molar-refractivity contribution is -0.404. The van der Waals surface area contributed by atoms with Crippen molar-refractivity contribution < 1.29 is 4.92 Å². The maximum Gasteiger partial charge on any atom is 0.274 e. The highest BCUT2D eigenvalue weighted by Crippen LogP contribution is 2.27. The van der Waals surface area contributed by atoms with E-state index in [0.29, 0.717) is 12.4 Å². The van der Waals surface area contributed by atoms with Gasteiger partial charge in [0.25, 0.3) is 6.20 Å². The average molecular weight is 385 g/mol. The van der Waals surface area contributed by atoms with E-state index < -0.39 is 4.92 Å². The monoisotopic (exact) mass is 384 g/mol. The summed E-state index contributed by atoms with van der Waals surface area (Å²) in [5, 5.41) is 16.3. The number of piperidine rings is 1. The van der Waals surface area contributed by atoms with Crippen LogP contribution in [0.3, 0.4) is 0 Å². The molecule has 1 aliphatic rings. The molecule has 1 aromatic heterocycles. The normalized spacial score (nSPS) is 16.0. The van der Waals surface area contributed by atoms with Crippen LogP contribution < -0.4 is 10.6 Å². The van der Waals surface area contributed by atoms with Gasteiger partial charge in [-0.2, -0.15) is 11.8 Å². The van der Waals surface area contributed by atoms with Crippen molar-refractivity contribution >= 4 is 23.1 Å². The molecule has 25 heavy (non-hydrogen) atoms. The number of rotatable bonds is 10. The molecule has 0 aromatic carbocycles. The van der Waals surface area contributed by atoms with Crippen LogP contribution in [0.5, 0.6) is 0 Å². The van der Waals surface area contributed by atoms with Crippen molar-refractivity contribution in [2.45, 2.75) is 38.5 Å². The summed E-state index contributed by atoms with van der Waals surface area (Å²) in [6.07, 6.45) is 5.00. The highest BCUT2D eigenvalue weighted by molar-refractivity contribution is 7.98. The van der Waals surface area contributed by atoms with Gasteiger partial charge in [-0.15, -0.1) is 11.3 Å². The number of nitrogens with one attached hydrogen (secondary N) is 2. The molecule has 2 rings (SSSR count). The molecular weight excluding hydrogens is 356 g/mol. The number of hydrogen-bond acceptors (Lipinski definition) is 7. The molecule has 2 N–H and O–H groups in total. The Labute approximate surface area is 158 Å². The molecule has 0 spiro atoms. The Hall–Kier alpha value is -1.25. The second-order valence-electron chi connectivity index (χ2n) is 6.21. The van der Waals surface area contributed by atoms with Crippen LogP contribution in [0, 0.1) is 17.0 Å². The highest BCUT2D eigenvalue weighted by atomic mass is 32.2. The minimum Gasteiger partial charge on any atom is -0.370 e. The van der Waals surface area contributed by atoms with Gasteiger partial charge >= 0.3 is 0 Å². The van der Waals surface area contributed by atoms with Gasteiger partial charge in [-0.25, -0.2) is 0 Å². The summed E-state index contributed by atoms with van der Waals surface area (Å²) < 4.78 is 0. The standard InChI is InChI=1S/C17H28N4O2S2/c1-14-10-15(25-16(14)11-20-7-4-3-5-8-20)13-24-9-6-19-17(18-2)12-21(22)23/h10,12,18-19H,3-9,11,13H2,1-2H3/b17-12+. The number of hydrogen-bond donors (Lipinski definition) is 2. The largest absolute Gasteiger partial charge is 0.370 e. The van der Waals surface area contributed by atoms with Gasteiger partial charge in [0, 0.05) is 41.4 Å². The fourth-order valence-electron chi connectivity index (χ4n) is 2.87. The van der Waals surface area contributed by atoms with Crippen LogP contribution in [0.2, 0.25) is 0 Å². The van der Waals surface area contributed by atoms with E-state index in [2.05, 4.69) is 28.5 Å². The van der Waals surface area contributed by atoms with Crippen molar-refractivity contribution in [1.82, 2.24) is 15.5 Å². The smallest absolute Gasteiger partial charge is 0.274 e. The minimum absolute atomic E-state index is 0.446. The minimum atomic E-state index is -0.454. The molecule has 0 radical (unpaired) electrons. The van der Waals surface area contributed by atoms with E-state index in [1.807, 2.05) is 23.1 Å². The van der Waals surface area contributed by atoms with E-state index >= 15 is 0 Å². The zero-order valence-corrected chi connectivity index (χ0v) is 16.7. The number of nitro groups is 1. The van der Waals surface area contributed by atoms with E-state index in [0.717, 1.165) is 24.3 Å². The third-order valence-electron chi connectivity index (χ3n) is 4.20. The van der Waals surface area contributed by atoms with Gasteiger partial charge < -0.3 is 10.6 Å². The molecule has 0 amide bonds. The number of thiophene rings is 1. The van der Waals surface area contributed by atoms with E-state index in [1.165, 1.54) is 47.7 Å². The second-order valence-corrected chi connectivity index (χ2v) is 8.54. The van der Waals surface area contributed by atoms with Crippen molar-refractivity contribution in [3.05, 3.63) is 43.5 Å². The van der Waals surface area contributed by atoms with E-state index in [-0.39, 0.29) is 0 Å². The van der Waals surface area contributed by atoms with Gasteiger partial charge in [0.05, 0.1) is 4.92 Å². The molecule has 1 fully saturated rings. The topological polar surface area (TPSA) is 70.4 Å². The van der Waals surface area contributed by atoms with E-state index in [1.54, 1.807) is 7.05 Å². The first-order valence-corrected chi connectivity index (χ1v) is 10.7. The Bertz CT molecular complexity index is 583. The molecule has 140 valence electrons. The Morgan fingerprint density at radius 2 is 2.20 bits per heavy atom. The predicted octanol–water partition coefficient (Wildman–Crippen LogP) is 3.16. The summed E-state index contributed by atoms with van der Waals surface area (Å²) >= 11 is 3.79. The van der Waals surface area contributed by atoms with Crippen molar-refractivity contribution in [3.8, 4) is 0 Å². The Morgan fingerprint density at radius 1 is 1.44 bits per heavy atom. The van der Waals surface area contributed by atoms with E-state index in [9.17, 15) is 10.1 Å². The Morgan fingerprint density at radius 3 is 2.88 bits per heavy atom. The van der Waals surface area contributed by atoms with Gasteiger partial charge in [-0.05, 0) is 44.5 Å². The molecule has 8 heteroatoms. The number of likely N-dealkylation sites (tertiary alicyclic amines) is 1. The molecule has 6 nitrogen and oxygen atoms in total. The van der Waals surface area contributed by atoms with Crippen LogP contribution in [0.1, 0.15) is 34.6 Å². The van der Waals surface area contributed by atoms with Crippen LogP contribution in [-0.4, -0.2) is 42.3 Å². The average Bonchev–Trinajstić information content (AvgIpc) is 2.93. The lowest BCUT2D eigenvalue weighted by Gasteiger charge is -2.26. The Kier molecular flexibility index (Phi) is 8.57. The quantitative estimate of drug-likeness (QED) is 0.367. The van der Waals surface area contributed by atoms with Crippen LogP contribution >= 0.6 is 23.1 Å². The molecule has 1 aromatic rings. The van der Waals surface area contributed by atoms with Crippen LogP contribution in [0.15, 0.2) is 18.1 Å². The third kappa shape index (κ3) is 7.25. The molecule has 0 unspecified atom stereocenters. The maximum absolute atomic E-state index is 10.5.